The van der Waals surface area contributed by atoms with E-state index in [0.717, 1.165) is 24.5 Å². The highest BCUT2D eigenvalue weighted by Gasteiger charge is 2.17. The normalized spacial score (nSPS) is 19.2. The van der Waals surface area contributed by atoms with Crippen LogP contribution >= 0.6 is 0 Å². The Bertz CT molecular complexity index is 388. The summed E-state index contributed by atoms with van der Waals surface area (Å²) < 4.78 is 0. The highest BCUT2D eigenvalue weighted by Crippen LogP contribution is 2.08. The third-order valence-electron chi connectivity index (χ3n) is 2.89. The molecule has 17 heavy (non-hydrogen) atoms. The van der Waals surface area contributed by atoms with Crippen molar-refractivity contribution in [3.63, 3.8) is 0 Å². The Morgan fingerprint density at radius 1 is 1.65 bits per heavy atom. The van der Waals surface area contributed by atoms with E-state index in [1.54, 1.807) is 6.20 Å². The Morgan fingerprint density at radius 3 is 3.24 bits per heavy atom. The average molecular weight is 234 g/mol. The summed E-state index contributed by atoms with van der Waals surface area (Å²) in [5.41, 5.74) is 0.852. The van der Waals surface area contributed by atoms with E-state index in [4.69, 9.17) is 0 Å². The van der Waals surface area contributed by atoms with E-state index in [1.807, 2.05) is 13.0 Å². The number of hydrogen-bond acceptors (Lipinski definition) is 4. The Labute approximate surface area is 101 Å². The van der Waals surface area contributed by atoms with Crippen LogP contribution < -0.4 is 10.6 Å². The minimum atomic E-state index is 0.0839. The van der Waals surface area contributed by atoms with Gasteiger partial charge in [-0.25, -0.2) is 9.97 Å². The molecule has 0 bridgehead atoms. The van der Waals surface area contributed by atoms with Gasteiger partial charge in [-0.05, 0) is 32.4 Å². The molecule has 0 radical (unpaired) electrons. The van der Waals surface area contributed by atoms with Gasteiger partial charge in [-0.2, -0.15) is 0 Å². The number of nitrogens with one attached hydrogen (secondary N) is 2. The van der Waals surface area contributed by atoms with Crippen molar-refractivity contribution >= 4 is 5.91 Å². The molecule has 2 rings (SSSR count). The standard InChI is InChI=1S/C12H18N4O/c1-9-13-6-4-11(16-9)8-15-12(17)7-10-3-2-5-14-10/h4,6,10,14H,2-3,5,7-8H2,1H3,(H,15,17). The van der Waals surface area contributed by atoms with Gasteiger partial charge in [0.2, 0.25) is 5.91 Å². The number of carbonyl (C=O) groups is 1. The SMILES string of the molecule is Cc1nccc(CNC(=O)CC2CCCN2)n1. The maximum absolute atomic E-state index is 11.7. The van der Waals surface area contributed by atoms with Gasteiger partial charge in [-0.15, -0.1) is 0 Å². The van der Waals surface area contributed by atoms with Gasteiger partial charge in [0.1, 0.15) is 5.82 Å². The van der Waals surface area contributed by atoms with Gasteiger partial charge in [-0.3, -0.25) is 4.79 Å². The van der Waals surface area contributed by atoms with Crippen LogP contribution in [0.15, 0.2) is 12.3 Å². The van der Waals surface area contributed by atoms with Crippen LogP contribution in [-0.2, 0) is 11.3 Å². The summed E-state index contributed by atoms with van der Waals surface area (Å²) in [5, 5.41) is 6.19. The second-order valence-electron chi connectivity index (χ2n) is 4.37. The Kier molecular flexibility index (Phi) is 4.03. The molecule has 0 aromatic carbocycles. The molecule has 0 saturated carbocycles. The van der Waals surface area contributed by atoms with Crippen LogP contribution in [0.5, 0.6) is 0 Å². The third-order valence-corrected chi connectivity index (χ3v) is 2.89. The third kappa shape index (κ3) is 3.78. The van der Waals surface area contributed by atoms with Gasteiger partial charge in [0.05, 0.1) is 12.2 Å². The molecule has 5 nitrogen and oxygen atoms in total. The van der Waals surface area contributed by atoms with Crippen LogP contribution in [0, 0.1) is 6.92 Å². The van der Waals surface area contributed by atoms with Gasteiger partial charge < -0.3 is 10.6 Å². The number of amides is 1. The summed E-state index contributed by atoms with van der Waals surface area (Å²) in [4.78, 5) is 19.9. The lowest BCUT2D eigenvalue weighted by molar-refractivity contribution is -0.121. The molecule has 2 N–H and O–H groups in total. The van der Waals surface area contributed by atoms with Crippen LogP contribution in [0.4, 0.5) is 0 Å². The molecule has 1 aliphatic heterocycles. The van der Waals surface area contributed by atoms with E-state index in [-0.39, 0.29) is 5.91 Å². The first-order chi connectivity index (χ1) is 8.24. The second-order valence-corrected chi connectivity index (χ2v) is 4.37. The predicted octanol–water partition coefficient (Wildman–Crippen LogP) is 0.543. The molecule has 1 aliphatic rings. The monoisotopic (exact) mass is 234 g/mol. The molecular weight excluding hydrogens is 216 g/mol. The molecule has 0 spiro atoms. The first-order valence-electron chi connectivity index (χ1n) is 6.02. The molecule has 1 aromatic rings. The van der Waals surface area contributed by atoms with Crippen LogP contribution in [0.25, 0.3) is 0 Å². The minimum Gasteiger partial charge on any atom is -0.350 e. The van der Waals surface area contributed by atoms with E-state index in [2.05, 4.69) is 20.6 Å². The molecule has 1 atom stereocenters. The van der Waals surface area contributed by atoms with Crippen LogP contribution in [-0.4, -0.2) is 28.5 Å². The second kappa shape index (κ2) is 5.72. The highest BCUT2D eigenvalue weighted by molar-refractivity contribution is 5.76. The van der Waals surface area contributed by atoms with Crippen molar-refractivity contribution in [3.05, 3.63) is 23.8 Å². The number of nitrogens with zero attached hydrogens (tertiary/aromatic N) is 2. The van der Waals surface area contributed by atoms with Crippen LogP contribution in [0.2, 0.25) is 0 Å². The quantitative estimate of drug-likeness (QED) is 0.798. The first-order valence-corrected chi connectivity index (χ1v) is 6.02. The Balaban J connectivity index is 1.75. The fourth-order valence-electron chi connectivity index (χ4n) is 2.02. The van der Waals surface area contributed by atoms with Crippen LogP contribution in [0.3, 0.4) is 0 Å². The number of aryl methyl sites for hydroxylation is 1. The lowest BCUT2D eigenvalue weighted by Gasteiger charge is -2.10. The lowest BCUT2D eigenvalue weighted by atomic mass is 10.1. The number of aromatic nitrogens is 2. The van der Waals surface area contributed by atoms with Crippen molar-refractivity contribution in [2.24, 2.45) is 0 Å². The van der Waals surface area contributed by atoms with Gasteiger partial charge in [0.15, 0.2) is 0 Å². The first kappa shape index (κ1) is 12.0. The summed E-state index contributed by atoms with van der Waals surface area (Å²) in [6.07, 6.45) is 4.54. The van der Waals surface area contributed by atoms with Gasteiger partial charge in [-0.1, -0.05) is 0 Å². The van der Waals surface area contributed by atoms with Crippen molar-refractivity contribution in [2.75, 3.05) is 6.54 Å². The topological polar surface area (TPSA) is 66.9 Å². The summed E-state index contributed by atoms with van der Waals surface area (Å²) >= 11 is 0. The summed E-state index contributed by atoms with van der Waals surface area (Å²) in [5.74, 6) is 0.815. The molecule has 1 unspecified atom stereocenters. The predicted molar refractivity (Wildman–Crippen MR) is 64.3 cm³/mol. The maximum Gasteiger partial charge on any atom is 0.221 e. The number of rotatable bonds is 4. The Hall–Kier alpha value is -1.49. The molecule has 1 saturated heterocycles. The average Bonchev–Trinajstić information content (AvgIpc) is 2.79. The maximum atomic E-state index is 11.7. The van der Waals surface area contributed by atoms with Gasteiger partial charge in [0, 0.05) is 18.7 Å². The van der Waals surface area contributed by atoms with Gasteiger partial charge >= 0.3 is 0 Å². The highest BCUT2D eigenvalue weighted by atomic mass is 16.1. The zero-order chi connectivity index (χ0) is 12.1. The lowest BCUT2D eigenvalue weighted by Crippen LogP contribution is -2.31. The fraction of sp³-hybridized carbons (Fsp3) is 0.583. The van der Waals surface area contributed by atoms with Crippen molar-refractivity contribution in [1.29, 1.82) is 0 Å². The zero-order valence-corrected chi connectivity index (χ0v) is 10.1. The van der Waals surface area contributed by atoms with E-state index >= 15 is 0 Å². The molecule has 1 fully saturated rings. The Morgan fingerprint density at radius 2 is 2.53 bits per heavy atom. The summed E-state index contributed by atoms with van der Waals surface area (Å²) in [6, 6.07) is 2.17. The summed E-state index contributed by atoms with van der Waals surface area (Å²) in [7, 11) is 0. The molecule has 2 heterocycles. The fourth-order valence-corrected chi connectivity index (χ4v) is 2.02. The van der Waals surface area contributed by atoms with E-state index in [1.165, 1.54) is 6.42 Å². The van der Waals surface area contributed by atoms with Gasteiger partial charge in [0.25, 0.3) is 0 Å². The number of carbonyl (C=O) groups excluding carboxylic acids is 1. The molecule has 1 aromatic heterocycles. The van der Waals surface area contributed by atoms with Crippen molar-refractivity contribution in [1.82, 2.24) is 20.6 Å². The molecule has 0 aliphatic carbocycles. The molecular formula is C12H18N4O. The smallest absolute Gasteiger partial charge is 0.221 e. The van der Waals surface area contributed by atoms with Crippen molar-refractivity contribution < 1.29 is 4.79 Å². The molecule has 1 amide bonds. The summed E-state index contributed by atoms with van der Waals surface area (Å²) in [6.45, 7) is 3.35. The minimum absolute atomic E-state index is 0.0839. The van der Waals surface area contributed by atoms with E-state index in [0.29, 0.717) is 19.0 Å². The zero-order valence-electron chi connectivity index (χ0n) is 10.1. The molecule has 5 heteroatoms. The number of hydrogen-bond donors (Lipinski definition) is 2. The molecule has 92 valence electrons. The van der Waals surface area contributed by atoms with Crippen molar-refractivity contribution in [2.45, 2.75) is 38.8 Å². The van der Waals surface area contributed by atoms with Crippen molar-refractivity contribution in [3.8, 4) is 0 Å². The largest absolute Gasteiger partial charge is 0.350 e. The van der Waals surface area contributed by atoms with E-state index in [9.17, 15) is 4.79 Å². The van der Waals surface area contributed by atoms with E-state index < -0.39 is 0 Å². The van der Waals surface area contributed by atoms with Crippen LogP contribution in [0.1, 0.15) is 30.8 Å².